The Kier molecular flexibility index (Phi) is 3.95. The molecule has 110 valence electrons. The summed E-state index contributed by atoms with van der Waals surface area (Å²) < 4.78 is 5.71. The highest BCUT2D eigenvalue weighted by molar-refractivity contribution is 5.61. The van der Waals surface area contributed by atoms with Crippen molar-refractivity contribution in [2.75, 3.05) is 17.7 Å². The van der Waals surface area contributed by atoms with Gasteiger partial charge < -0.3 is 15.8 Å². The van der Waals surface area contributed by atoms with Gasteiger partial charge in [0.05, 0.1) is 12.3 Å². The second-order valence-corrected chi connectivity index (χ2v) is 5.52. The predicted molar refractivity (Wildman–Crippen MR) is 86.0 cm³/mol. The van der Waals surface area contributed by atoms with Crippen molar-refractivity contribution in [2.24, 2.45) is 5.92 Å². The molecule has 0 atom stereocenters. The quantitative estimate of drug-likeness (QED) is 0.847. The molecule has 0 aliphatic heterocycles. The molecule has 0 saturated heterocycles. The molecule has 1 aliphatic carbocycles. The molecule has 1 heterocycles. The number of ether oxygens (including phenoxy) is 1. The van der Waals surface area contributed by atoms with E-state index >= 15 is 0 Å². The third-order valence-electron chi connectivity index (χ3n) is 3.65. The zero-order valence-electron chi connectivity index (χ0n) is 12.3. The molecule has 1 fully saturated rings. The van der Waals surface area contributed by atoms with E-state index in [0.29, 0.717) is 24.1 Å². The molecule has 2 aromatic rings. The number of aromatic nitrogens is 1. The summed E-state index contributed by atoms with van der Waals surface area (Å²) in [5.41, 5.74) is 8.83. The van der Waals surface area contributed by atoms with E-state index in [1.807, 2.05) is 24.3 Å². The number of benzene rings is 1. The molecule has 21 heavy (non-hydrogen) atoms. The average Bonchev–Trinajstić information content (AvgIpc) is 3.32. The minimum Gasteiger partial charge on any atom is -0.476 e. The minimum absolute atomic E-state index is 0.526. The molecule has 1 aromatic heterocycles. The van der Waals surface area contributed by atoms with Crippen LogP contribution in [0.3, 0.4) is 0 Å². The number of nitrogen functional groups attached to an aromatic ring is 1. The lowest BCUT2D eigenvalue weighted by molar-refractivity contribution is 0.290. The van der Waals surface area contributed by atoms with Gasteiger partial charge in [-0.05, 0) is 55.0 Å². The van der Waals surface area contributed by atoms with Gasteiger partial charge in [-0.3, -0.25) is 0 Å². The SMILES string of the molecule is CCc1cccc(Nc2ccc(N)c(OCC3CC3)n2)c1. The molecule has 3 N–H and O–H groups in total. The summed E-state index contributed by atoms with van der Waals surface area (Å²) in [6.07, 6.45) is 3.52. The van der Waals surface area contributed by atoms with Gasteiger partial charge in [0.1, 0.15) is 5.82 Å². The normalized spacial score (nSPS) is 14.0. The van der Waals surface area contributed by atoms with Crippen LogP contribution in [0.25, 0.3) is 0 Å². The Morgan fingerprint density at radius 3 is 2.90 bits per heavy atom. The van der Waals surface area contributed by atoms with Gasteiger partial charge in [-0.15, -0.1) is 0 Å². The first-order valence-corrected chi connectivity index (χ1v) is 7.50. The maximum atomic E-state index is 5.92. The molecule has 4 heteroatoms. The first-order valence-electron chi connectivity index (χ1n) is 7.50. The fraction of sp³-hybridized carbons (Fsp3) is 0.353. The van der Waals surface area contributed by atoms with E-state index in [2.05, 4.69) is 29.4 Å². The zero-order valence-corrected chi connectivity index (χ0v) is 12.3. The Morgan fingerprint density at radius 1 is 1.29 bits per heavy atom. The van der Waals surface area contributed by atoms with Crippen LogP contribution >= 0.6 is 0 Å². The van der Waals surface area contributed by atoms with Crippen molar-refractivity contribution < 1.29 is 4.74 Å². The van der Waals surface area contributed by atoms with Crippen LogP contribution in [-0.2, 0) is 6.42 Å². The minimum atomic E-state index is 0.526. The fourth-order valence-electron chi connectivity index (χ4n) is 2.13. The van der Waals surface area contributed by atoms with Gasteiger partial charge in [0.15, 0.2) is 0 Å². The lowest BCUT2D eigenvalue weighted by atomic mass is 10.1. The Hall–Kier alpha value is -2.23. The van der Waals surface area contributed by atoms with Crippen LogP contribution in [0.15, 0.2) is 36.4 Å². The van der Waals surface area contributed by atoms with Gasteiger partial charge in [-0.2, -0.15) is 4.98 Å². The summed E-state index contributed by atoms with van der Waals surface area (Å²) in [6, 6.07) is 12.0. The van der Waals surface area contributed by atoms with Crippen molar-refractivity contribution >= 4 is 17.2 Å². The number of anilines is 3. The number of rotatable bonds is 6. The van der Waals surface area contributed by atoms with Crippen LogP contribution in [0.2, 0.25) is 0 Å². The second-order valence-electron chi connectivity index (χ2n) is 5.52. The third kappa shape index (κ3) is 3.66. The van der Waals surface area contributed by atoms with Gasteiger partial charge in [-0.25, -0.2) is 0 Å². The van der Waals surface area contributed by atoms with Crippen molar-refractivity contribution in [3.05, 3.63) is 42.0 Å². The van der Waals surface area contributed by atoms with Crippen LogP contribution in [0.5, 0.6) is 5.88 Å². The Balaban J connectivity index is 1.73. The number of hydrogen-bond donors (Lipinski definition) is 2. The Morgan fingerprint density at radius 2 is 2.14 bits per heavy atom. The zero-order chi connectivity index (χ0) is 14.7. The lowest BCUT2D eigenvalue weighted by Crippen LogP contribution is -2.05. The van der Waals surface area contributed by atoms with E-state index < -0.39 is 0 Å². The molecule has 4 nitrogen and oxygen atoms in total. The van der Waals surface area contributed by atoms with Gasteiger partial charge in [0, 0.05) is 5.69 Å². The molecule has 0 amide bonds. The Labute approximate surface area is 125 Å². The van der Waals surface area contributed by atoms with Gasteiger partial charge in [0.25, 0.3) is 0 Å². The van der Waals surface area contributed by atoms with E-state index in [9.17, 15) is 0 Å². The number of nitrogens with zero attached hydrogens (tertiary/aromatic N) is 1. The van der Waals surface area contributed by atoms with Crippen molar-refractivity contribution in [1.82, 2.24) is 4.98 Å². The summed E-state index contributed by atoms with van der Waals surface area (Å²) in [6.45, 7) is 2.86. The highest BCUT2D eigenvalue weighted by Crippen LogP contribution is 2.31. The number of aryl methyl sites for hydroxylation is 1. The van der Waals surface area contributed by atoms with E-state index in [1.165, 1.54) is 18.4 Å². The molecule has 0 unspecified atom stereocenters. The molecule has 0 radical (unpaired) electrons. The molecule has 3 rings (SSSR count). The molecule has 0 spiro atoms. The second kappa shape index (κ2) is 6.04. The van der Waals surface area contributed by atoms with E-state index in [4.69, 9.17) is 10.5 Å². The largest absolute Gasteiger partial charge is 0.476 e. The molecular formula is C17H21N3O. The summed E-state index contributed by atoms with van der Waals surface area (Å²) >= 11 is 0. The predicted octanol–water partition coefficient (Wildman–Crippen LogP) is 3.76. The van der Waals surface area contributed by atoms with Crippen LogP contribution in [-0.4, -0.2) is 11.6 Å². The number of nitrogens with two attached hydrogens (primary N) is 1. The van der Waals surface area contributed by atoms with Crippen molar-refractivity contribution in [1.29, 1.82) is 0 Å². The topological polar surface area (TPSA) is 60.2 Å². The van der Waals surface area contributed by atoms with Crippen LogP contribution in [0, 0.1) is 5.92 Å². The Bertz CT molecular complexity index is 623. The highest BCUT2D eigenvalue weighted by Gasteiger charge is 2.22. The highest BCUT2D eigenvalue weighted by atomic mass is 16.5. The molecular weight excluding hydrogens is 262 g/mol. The van der Waals surface area contributed by atoms with Gasteiger partial charge in [-0.1, -0.05) is 19.1 Å². The average molecular weight is 283 g/mol. The van der Waals surface area contributed by atoms with Crippen molar-refractivity contribution in [3.63, 3.8) is 0 Å². The maximum absolute atomic E-state index is 5.92. The van der Waals surface area contributed by atoms with E-state index in [1.54, 1.807) is 0 Å². The van der Waals surface area contributed by atoms with Gasteiger partial charge in [0.2, 0.25) is 5.88 Å². The summed E-state index contributed by atoms with van der Waals surface area (Å²) in [5, 5.41) is 3.30. The first-order chi connectivity index (χ1) is 10.2. The maximum Gasteiger partial charge on any atom is 0.239 e. The molecule has 1 aliphatic rings. The monoisotopic (exact) mass is 283 g/mol. The fourth-order valence-corrected chi connectivity index (χ4v) is 2.13. The van der Waals surface area contributed by atoms with Crippen LogP contribution < -0.4 is 15.8 Å². The number of hydrogen-bond acceptors (Lipinski definition) is 4. The van der Waals surface area contributed by atoms with Gasteiger partial charge >= 0.3 is 0 Å². The first kappa shape index (κ1) is 13.7. The summed E-state index contributed by atoms with van der Waals surface area (Å²) in [5.74, 6) is 1.96. The molecule has 0 bridgehead atoms. The smallest absolute Gasteiger partial charge is 0.239 e. The standard InChI is InChI=1S/C17H21N3O/c1-2-12-4-3-5-14(10-12)19-16-9-8-15(18)17(20-16)21-11-13-6-7-13/h3-5,8-10,13H,2,6-7,11,18H2,1H3,(H,19,20). The number of pyridine rings is 1. The molecule has 1 saturated carbocycles. The molecule has 1 aromatic carbocycles. The summed E-state index contributed by atoms with van der Waals surface area (Å²) in [4.78, 5) is 4.46. The third-order valence-corrected chi connectivity index (χ3v) is 3.65. The van der Waals surface area contributed by atoms with Crippen LogP contribution in [0.1, 0.15) is 25.3 Å². The van der Waals surface area contributed by atoms with Crippen LogP contribution in [0.4, 0.5) is 17.2 Å². The van der Waals surface area contributed by atoms with E-state index in [0.717, 1.165) is 17.9 Å². The summed E-state index contributed by atoms with van der Waals surface area (Å²) in [7, 11) is 0. The van der Waals surface area contributed by atoms with Crippen molar-refractivity contribution in [3.8, 4) is 5.88 Å². The number of nitrogens with one attached hydrogen (secondary N) is 1. The van der Waals surface area contributed by atoms with E-state index in [-0.39, 0.29) is 0 Å². The van der Waals surface area contributed by atoms with Crippen molar-refractivity contribution in [2.45, 2.75) is 26.2 Å². The lowest BCUT2D eigenvalue weighted by Gasteiger charge is -2.11.